The Balaban J connectivity index is 1.86. The fourth-order valence-corrected chi connectivity index (χ4v) is 3.11. The lowest BCUT2D eigenvalue weighted by Crippen LogP contribution is -2.45. The first kappa shape index (κ1) is 17.9. The summed E-state index contributed by atoms with van der Waals surface area (Å²) in [6, 6.07) is 6.05. The molecule has 0 bridgehead atoms. The van der Waals surface area contributed by atoms with E-state index in [0.29, 0.717) is 32.5 Å². The number of likely N-dealkylation sites (N-methyl/N-ethyl adjacent to an activating group) is 1. The molecule has 5 heteroatoms. The molecule has 1 saturated heterocycles. The predicted molar refractivity (Wildman–Crippen MR) is 90.2 cm³/mol. The van der Waals surface area contributed by atoms with Gasteiger partial charge in [-0.2, -0.15) is 0 Å². The smallest absolute Gasteiger partial charge is 0.236 e. The monoisotopic (exact) mass is 320 g/mol. The Morgan fingerprint density at radius 2 is 1.83 bits per heavy atom. The van der Waals surface area contributed by atoms with Gasteiger partial charge in [-0.15, -0.1) is 0 Å². The number of amides is 1. The van der Waals surface area contributed by atoms with Gasteiger partial charge in [-0.1, -0.05) is 29.3 Å². The molecule has 1 heterocycles. The summed E-state index contributed by atoms with van der Waals surface area (Å²) in [7, 11) is 1.85. The summed E-state index contributed by atoms with van der Waals surface area (Å²) >= 11 is 0. The van der Waals surface area contributed by atoms with E-state index < -0.39 is 6.10 Å². The highest BCUT2D eigenvalue weighted by Crippen LogP contribution is 2.18. The van der Waals surface area contributed by atoms with E-state index in [4.69, 9.17) is 0 Å². The number of hydrogen-bond donors (Lipinski definition) is 2. The molecule has 128 valence electrons. The van der Waals surface area contributed by atoms with Crippen LogP contribution in [0.25, 0.3) is 0 Å². The number of aliphatic hydroxyl groups is 2. The largest absolute Gasteiger partial charge is 0.393 e. The molecule has 1 amide bonds. The quantitative estimate of drug-likeness (QED) is 0.857. The molecular formula is C18H28N2O3. The van der Waals surface area contributed by atoms with Crippen molar-refractivity contribution >= 4 is 5.91 Å². The highest BCUT2D eigenvalue weighted by atomic mass is 16.3. The summed E-state index contributed by atoms with van der Waals surface area (Å²) in [6.07, 6.45) is 0.430. The van der Waals surface area contributed by atoms with Crippen LogP contribution in [-0.2, 0) is 4.79 Å². The van der Waals surface area contributed by atoms with Crippen LogP contribution in [-0.4, -0.2) is 65.3 Å². The zero-order valence-electron chi connectivity index (χ0n) is 14.3. The van der Waals surface area contributed by atoms with Gasteiger partial charge in [0, 0.05) is 19.6 Å². The maximum Gasteiger partial charge on any atom is 0.236 e. The van der Waals surface area contributed by atoms with Gasteiger partial charge in [0.2, 0.25) is 5.91 Å². The maximum absolute atomic E-state index is 12.3. The topological polar surface area (TPSA) is 64.0 Å². The summed E-state index contributed by atoms with van der Waals surface area (Å²) in [5.41, 5.74) is 3.15. The lowest BCUT2D eigenvalue weighted by molar-refractivity contribution is -0.134. The number of hydrogen-bond acceptors (Lipinski definition) is 4. The van der Waals surface area contributed by atoms with Crippen LogP contribution in [0.3, 0.4) is 0 Å². The third-order valence-corrected chi connectivity index (χ3v) is 4.34. The first-order chi connectivity index (χ1) is 10.8. The van der Waals surface area contributed by atoms with E-state index in [2.05, 4.69) is 6.07 Å². The number of nitrogens with zero attached hydrogens (tertiary/aromatic N) is 2. The Bertz CT molecular complexity index is 519. The van der Waals surface area contributed by atoms with Crippen LogP contribution in [0.4, 0.5) is 0 Å². The minimum Gasteiger partial charge on any atom is -0.393 e. The molecule has 0 saturated carbocycles. The molecule has 1 aromatic carbocycles. The molecule has 1 atom stereocenters. The van der Waals surface area contributed by atoms with Crippen LogP contribution < -0.4 is 0 Å². The molecule has 1 unspecified atom stereocenters. The second-order valence-corrected chi connectivity index (χ2v) is 6.75. The fourth-order valence-electron chi connectivity index (χ4n) is 3.11. The van der Waals surface area contributed by atoms with Crippen LogP contribution in [0.1, 0.15) is 35.6 Å². The number of aliphatic hydroxyl groups excluding tert-OH is 2. The summed E-state index contributed by atoms with van der Waals surface area (Å²) in [4.78, 5) is 15.9. The normalized spacial score (nSPS) is 17.6. The maximum atomic E-state index is 12.3. The zero-order valence-corrected chi connectivity index (χ0v) is 14.3. The number of likely N-dealkylation sites (tertiary alicyclic amines) is 1. The van der Waals surface area contributed by atoms with Crippen LogP contribution >= 0.6 is 0 Å². The third-order valence-electron chi connectivity index (χ3n) is 4.34. The fraction of sp³-hybridized carbons (Fsp3) is 0.611. The molecule has 1 aliphatic rings. The SMILES string of the molecule is Cc1cc(C)cc(C(O)CN(C)CC(=O)N2CCC(O)CC2)c1. The summed E-state index contributed by atoms with van der Waals surface area (Å²) in [5.74, 6) is 0.0621. The van der Waals surface area contributed by atoms with E-state index in [1.165, 1.54) is 0 Å². The lowest BCUT2D eigenvalue weighted by atomic mass is 10.0. The van der Waals surface area contributed by atoms with Crippen molar-refractivity contribution in [1.29, 1.82) is 0 Å². The summed E-state index contributed by atoms with van der Waals surface area (Å²) in [5, 5.41) is 19.9. The van der Waals surface area contributed by atoms with E-state index in [-0.39, 0.29) is 18.6 Å². The number of piperidine rings is 1. The molecule has 0 aliphatic carbocycles. The highest BCUT2D eigenvalue weighted by molar-refractivity contribution is 5.78. The molecule has 2 N–H and O–H groups in total. The molecule has 1 aromatic rings. The minimum absolute atomic E-state index is 0.0621. The van der Waals surface area contributed by atoms with E-state index in [9.17, 15) is 15.0 Å². The lowest BCUT2D eigenvalue weighted by Gasteiger charge is -2.31. The number of carbonyl (C=O) groups is 1. The number of benzene rings is 1. The van der Waals surface area contributed by atoms with Crippen LogP contribution in [0.2, 0.25) is 0 Å². The Labute approximate surface area is 138 Å². The average molecular weight is 320 g/mol. The molecule has 1 aliphatic heterocycles. The molecule has 0 radical (unpaired) electrons. The first-order valence-electron chi connectivity index (χ1n) is 8.26. The van der Waals surface area contributed by atoms with Gasteiger partial charge in [0.1, 0.15) is 0 Å². The van der Waals surface area contributed by atoms with Crippen molar-refractivity contribution in [1.82, 2.24) is 9.80 Å². The van der Waals surface area contributed by atoms with Gasteiger partial charge in [0.15, 0.2) is 0 Å². The van der Waals surface area contributed by atoms with Crippen LogP contribution in [0.15, 0.2) is 18.2 Å². The second kappa shape index (κ2) is 7.90. The second-order valence-electron chi connectivity index (χ2n) is 6.75. The molecule has 0 spiro atoms. The number of aryl methyl sites for hydroxylation is 2. The van der Waals surface area contributed by atoms with Crippen molar-refractivity contribution in [3.63, 3.8) is 0 Å². The molecule has 5 nitrogen and oxygen atoms in total. The van der Waals surface area contributed by atoms with Gasteiger partial charge in [-0.25, -0.2) is 0 Å². The van der Waals surface area contributed by atoms with E-state index in [0.717, 1.165) is 16.7 Å². The Hall–Kier alpha value is -1.43. The van der Waals surface area contributed by atoms with Crippen LogP contribution in [0, 0.1) is 13.8 Å². The van der Waals surface area contributed by atoms with E-state index in [1.54, 1.807) is 4.90 Å². The Morgan fingerprint density at radius 1 is 1.26 bits per heavy atom. The van der Waals surface area contributed by atoms with Gasteiger partial charge in [-0.05, 0) is 39.3 Å². The standard InChI is InChI=1S/C18H28N2O3/c1-13-8-14(2)10-15(9-13)17(22)11-19(3)12-18(23)20-6-4-16(21)5-7-20/h8-10,16-17,21-22H,4-7,11-12H2,1-3H3. The minimum atomic E-state index is -0.602. The van der Waals surface area contributed by atoms with Gasteiger partial charge in [0.25, 0.3) is 0 Å². The Kier molecular flexibility index (Phi) is 6.16. The van der Waals surface area contributed by atoms with Crippen molar-refractivity contribution in [2.24, 2.45) is 0 Å². The van der Waals surface area contributed by atoms with Crippen molar-refractivity contribution in [3.05, 3.63) is 34.9 Å². The number of carbonyl (C=O) groups excluding carboxylic acids is 1. The molecule has 0 aromatic heterocycles. The predicted octanol–water partition coefficient (Wildman–Crippen LogP) is 1.25. The van der Waals surface area contributed by atoms with Crippen molar-refractivity contribution in [2.45, 2.75) is 38.9 Å². The third kappa shape index (κ3) is 5.30. The van der Waals surface area contributed by atoms with Crippen molar-refractivity contribution < 1.29 is 15.0 Å². The Morgan fingerprint density at radius 3 is 2.39 bits per heavy atom. The van der Waals surface area contributed by atoms with Gasteiger partial charge < -0.3 is 15.1 Å². The summed E-state index contributed by atoms with van der Waals surface area (Å²) < 4.78 is 0. The van der Waals surface area contributed by atoms with E-state index >= 15 is 0 Å². The zero-order chi connectivity index (χ0) is 17.0. The van der Waals surface area contributed by atoms with Gasteiger partial charge in [-0.3, -0.25) is 9.69 Å². The molecule has 1 fully saturated rings. The highest BCUT2D eigenvalue weighted by Gasteiger charge is 2.22. The van der Waals surface area contributed by atoms with E-state index in [1.807, 2.05) is 37.9 Å². The van der Waals surface area contributed by atoms with Gasteiger partial charge >= 0.3 is 0 Å². The number of rotatable bonds is 5. The molecule has 2 rings (SSSR count). The molecule has 23 heavy (non-hydrogen) atoms. The van der Waals surface area contributed by atoms with Crippen LogP contribution in [0.5, 0.6) is 0 Å². The van der Waals surface area contributed by atoms with Crippen molar-refractivity contribution in [3.8, 4) is 0 Å². The van der Waals surface area contributed by atoms with Gasteiger partial charge in [0.05, 0.1) is 18.8 Å². The van der Waals surface area contributed by atoms with Crippen molar-refractivity contribution in [2.75, 3.05) is 33.2 Å². The summed E-state index contributed by atoms with van der Waals surface area (Å²) in [6.45, 7) is 5.98. The first-order valence-corrected chi connectivity index (χ1v) is 8.26. The molecular weight excluding hydrogens is 292 g/mol. The average Bonchev–Trinajstić information content (AvgIpc) is 2.46.